The van der Waals surface area contributed by atoms with Crippen LogP contribution in [0.4, 0.5) is 0 Å². The molecule has 1 saturated heterocycles. The number of rotatable bonds is 6. The maximum absolute atomic E-state index is 12.6. The van der Waals surface area contributed by atoms with E-state index in [2.05, 4.69) is 12.2 Å². The van der Waals surface area contributed by atoms with Gasteiger partial charge in [-0.25, -0.2) is 0 Å². The van der Waals surface area contributed by atoms with Crippen LogP contribution in [0.25, 0.3) is 0 Å². The van der Waals surface area contributed by atoms with Gasteiger partial charge in [-0.3, -0.25) is 4.79 Å². The van der Waals surface area contributed by atoms with Gasteiger partial charge in [-0.05, 0) is 43.4 Å². The number of carbonyl (C=O) groups is 1. The van der Waals surface area contributed by atoms with E-state index >= 15 is 0 Å². The Kier molecular flexibility index (Phi) is 4.68. The molecule has 23 heavy (non-hydrogen) atoms. The molecule has 4 nitrogen and oxygen atoms in total. The van der Waals surface area contributed by atoms with Crippen LogP contribution in [-0.4, -0.2) is 31.5 Å². The van der Waals surface area contributed by atoms with Crippen LogP contribution in [0.3, 0.4) is 0 Å². The van der Waals surface area contributed by atoms with Gasteiger partial charge in [0.2, 0.25) is 5.91 Å². The number of carbonyl (C=O) groups excluding carboxylic acids is 1. The predicted molar refractivity (Wildman–Crippen MR) is 89.5 cm³/mol. The molecule has 3 rings (SSSR count). The van der Waals surface area contributed by atoms with Crippen LogP contribution in [0.2, 0.25) is 5.02 Å². The fraction of sp³-hybridized carbons (Fsp3) is 0.611. The van der Waals surface area contributed by atoms with Crippen LogP contribution in [-0.2, 0) is 19.7 Å². The molecule has 0 bridgehead atoms. The third-order valence-electron chi connectivity index (χ3n) is 4.81. The number of ether oxygens (including phenoxy) is 2. The Balaban J connectivity index is 1.54. The molecule has 1 saturated carbocycles. The molecule has 5 heteroatoms. The topological polar surface area (TPSA) is 47.6 Å². The fourth-order valence-corrected chi connectivity index (χ4v) is 3.48. The van der Waals surface area contributed by atoms with Crippen molar-refractivity contribution in [2.45, 2.75) is 44.3 Å². The molecule has 1 atom stereocenters. The highest BCUT2D eigenvalue weighted by Crippen LogP contribution is 2.48. The maximum atomic E-state index is 12.6. The van der Waals surface area contributed by atoms with Gasteiger partial charge < -0.3 is 14.8 Å². The monoisotopic (exact) mass is 337 g/mol. The van der Waals surface area contributed by atoms with Crippen molar-refractivity contribution in [2.75, 3.05) is 19.8 Å². The fourth-order valence-electron chi connectivity index (χ4n) is 3.36. The Morgan fingerprint density at radius 3 is 2.43 bits per heavy atom. The Hall–Kier alpha value is -1.10. The van der Waals surface area contributed by atoms with Gasteiger partial charge in [-0.1, -0.05) is 30.7 Å². The van der Waals surface area contributed by atoms with Gasteiger partial charge >= 0.3 is 0 Å². The van der Waals surface area contributed by atoms with Crippen molar-refractivity contribution in [3.05, 3.63) is 34.9 Å². The SMILES string of the molecule is CC(CNC(=O)C1(c2ccc(Cl)cc2)CC1)CC1(C)OCCO1. The van der Waals surface area contributed by atoms with Gasteiger partial charge in [0.1, 0.15) is 0 Å². The minimum absolute atomic E-state index is 0.116. The highest BCUT2D eigenvalue weighted by atomic mass is 35.5. The Labute approximate surface area is 142 Å². The standard InChI is InChI=1S/C18H24ClNO3/c1-13(11-17(2)22-9-10-23-17)12-20-16(21)18(7-8-18)14-3-5-15(19)6-4-14/h3-6,13H,7-12H2,1-2H3,(H,20,21). The van der Waals surface area contributed by atoms with Crippen LogP contribution in [0, 0.1) is 5.92 Å². The highest BCUT2D eigenvalue weighted by Gasteiger charge is 2.51. The molecule has 2 aliphatic rings. The average molecular weight is 338 g/mol. The van der Waals surface area contributed by atoms with Crippen LogP contribution in [0.5, 0.6) is 0 Å². The summed E-state index contributed by atoms with van der Waals surface area (Å²) >= 11 is 5.93. The normalized spacial score (nSPS) is 22.6. The minimum Gasteiger partial charge on any atom is -0.355 e. The Morgan fingerprint density at radius 2 is 1.87 bits per heavy atom. The summed E-state index contributed by atoms with van der Waals surface area (Å²) in [6, 6.07) is 7.62. The van der Waals surface area contributed by atoms with E-state index in [1.165, 1.54) is 0 Å². The second-order valence-corrected chi connectivity index (χ2v) is 7.38. The molecule has 126 valence electrons. The summed E-state index contributed by atoms with van der Waals surface area (Å²) in [5, 5.41) is 3.80. The third kappa shape index (κ3) is 3.70. The third-order valence-corrected chi connectivity index (χ3v) is 5.06. The van der Waals surface area contributed by atoms with E-state index in [0.717, 1.165) is 24.8 Å². The van der Waals surface area contributed by atoms with E-state index in [1.807, 2.05) is 31.2 Å². The predicted octanol–water partition coefficient (Wildman–Crippen LogP) is 3.28. The first kappa shape index (κ1) is 16.7. The molecule has 1 aliphatic carbocycles. The second kappa shape index (κ2) is 6.42. The van der Waals surface area contributed by atoms with Gasteiger partial charge in [0.15, 0.2) is 5.79 Å². The van der Waals surface area contributed by atoms with Crippen molar-refractivity contribution >= 4 is 17.5 Å². The van der Waals surface area contributed by atoms with E-state index in [0.29, 0.717) is 30.7 Å². The molecule has 1 N–H and O–H groups in total. The Morgan fingerprint density at radius 1 is 1.26 bits per heavy atom. The highest BCUT2D eigenvalue weighted by molar-refractivity contribution is 6.30. The van der Waals surface area contributed by atoms with E-state index in [1.54, 1.807) is 0 Å². The molecule has 0 spiro atoms. The average Bonchev–Trinajstić information content (AvgIpc) is 3.22. The molecule has 1 aromatic rings. The van der Waals surface area contributed by atoms with Gasteiger partial charge in [0, 0.05) is 18.0 Å². The lowest BCUT2D eigenvalue weighted by Gasteiger charge is -2.26. The maximum Gasteiger partial charge on any atom is 0.230 e. The summed E-state index contributed by atoms with van der Waals surface area (Å²) < 4.78 is 11.3. The van der Waals surface area contributed by atoms with Crippen LogP contribution < -0.4 is 5.32 Å². The van der Waals surface area contributed by atoms with Crippen molar-refractivity contribution < 1.29 is 14.3 Å². The molecule has 2 fully saturated rings. The molecule has 1 aliphatic heterocycles. The van der Waals surface area contributed by atoms with Crippen LogP contribution in [0.15, 0.2) is 24.3 Å². The van der Waals surface area contributed by atoms with Crippen LogP contribution in [0.1, 0.15) is 38.7 Å². The van der Waals surface area contributed by atoms with Crippen LogP contribution >= 0.6 is 11.6 Å². The summed E-state index contributed by atoms with van der Waals surface area (Å²) in [7, 11) is 0. The van der Waals surface area contributed by atoms with E-state index in [4.69, 9.17) is 21.1 Å². The van der Waals surface area contributed by atoms with Crippen molar-refractivity contribution in [1.82, 2.24) is 5.32 Å². The molecule has 0 aromatic heterocycles. The zero-order valence-corrected chi connectivity index (χ0v) is 14.5. The van der Waals surface area contributed by atoms with E-state index in [-0.39, 0.29) is 11.3 Å². The quantitative estimate of drug-likeness (QED) is 0.866. The van der Waals surface area contributed by atoms with Crippen molar-refractivity contribution in [3.63, 3.8) is 0 Å². The summed E-state index contributed by atoms with van der Waals surface area (Å²) in [5.41, 5.74) is 0.704. The summed E-state index contributed by atoms with van der Waals surface area (Å²) in [4.78, 5) is 12.6. The second-order valence-electron chi connectivity index (χ2n) is 6.94. The molecule has 1 heterocycles. The van der Waals surface area contributed by atoms with E-state index < -0.39 is 5.79 Å². The summed E-state index contributed by atoms with van der Waals surface area (Å²) in [6.45, 7) is 6.01. The van der Waals surface area contributed by atoms with Crippen molar-refractivity contribution in [2.24, 2.45) is 5.92 Å². The molecule has 0 radical (unpaired) electrons. The lowest BCUT2D eigenvalue weighted by molar-refractivity contribution is -0.154. The smallest absolute Gasteiger partial charge is 0.230 e. The number of nitrogens with one attached hydrogen (secondary N) is 1. The lowest BCUT2D eigenvalue weighted by Crippen LogP contribution is -2.39. The van der Waals surface area contributed by atoms with Crippen molar-refractivity contribution in [1.29, 1.82) is 0 Å². The first-order chi connectivity index (χ1) is 10.9. The van der Waals surface area contributed by atoms with E-state index in [9.17, 15) is 4.79 Å². The summed E-state index contributed by atoms with van der Waals surface area (Å²) in [5.74, 6) is -0.0921. The van der Waals surface area contributed by atoms with Gasteiger partial charge in [0.25, 0.3) is 0 Å². The molecular formula is C18H24ClNO3. The number of amides is 1. The summed E-state index contributed by atoms with van der Waals surface area (Å²) in [6.07, 6.45) is 2.58. The minimum atomic E-state index is -0.502. The van der Waals surface area contributed by atoms with Crippen molar-refractivity contribution in [3.8, 4) is 0 Å². The molecular weight excluding hydrogens is 314 g/mol. The number of hydrogen-bond acceptors (Lipinski definition) is 3. The molecule has 1 aromatic carbocycles. The zero-order valence-electron chi connectivity index (χ0n) is 13.7. The van der Waals surface area contributed by atoms with Gasteiger partial charge in [0.05, 0.1) is 18.6 Å². The van der Waals surface area contributed by atoms with Gasteiger partial charge in [-0.2, -0.15) is 0 Å². The largest absolute Gasteiger partial charge is 0.355 e. The lowest BCUT2D eigenvalue weighted by atomic mass is 9.94. The number of benzene rings is 1. The number of halogens is 1. The molecule has 1 amide bonds. The van der Waals surface area contributed by atoms with Gasteiger partial charge in [-0.15, -0.1) is 0 Å². The first-order valence-electron chi connectivity index (χ1n) is 8.26. The zero-order chi connectivity index (χ0) is 16.5. The Bertz CT molecular complexity index is 562. The number of hydrogen-bond donors (Lipinski definition) is 1. The molecule has 1 unspecified atom stereocenters. The first-order valence-corrected chi connectivity index (χ1v) is 8.64.